The fourth-order valence-corrected chi connectivity index (χ4v) is 1.81. The minimum atomic E-state index is -0.00479. The van der Waals surface area contributed by atoms with Crippen molar-refractivity contribution in [1.29, 1.82) is 0 Å². The molecular weight excluding hydrogens is 242 g/mol. The largest absolute Gasteiger partial charge is 0.493 e. The van der Waals surface area contributed by atoms with Crippen LogP contribution in [0.2, 0.25) is 0 Å². The van der Waals surface area contributed by atoms with Crippen LogP contribution in [0.1, 0.15) is 17.3 Å². The second-order valence-corrected chi connectivity index (χ2v) is 4.09. The molecule has 0 aliphatic carbocycles. The molecule has 0 saturated carbocycles. The van der Waals surface area contributed by atoms with E-state index in [4.69, 9.17) is 9.47 Å². The highest BCUT2D eigenvalue weighted by Crippen LogP contribution is 2.32. The third kappa shape index (κ3) is 2.73. The molecule has 0 fully saturated rings. The molecule has 4 heteroatoms. The van der Waals surface area contributed by atoms with Crippen molar-refractivity contribution in [2.45, 2.75) is 6.92 Å². The first-order chi connectivity index (χ1) is 9.15. The molecule has 0 aliphatic rings. The van der Waals surface area contributed by atoms with Crippen molar-refractivity contribution in [2.24, 2.45) is 0 Å². The van der Waals surface area contributed by atoms with E-state index in [0.717, 1.165) is 11.1 Å². The van der Waals surface area contributed by atoms with Crippen LogP contribution in [0.25, 0.3) is 11.1 Å². The summed E-state index contributed by atoms with van der Waals surface area (Å²) >= 11 is 0. The standard InChI is InChI=1S/C15H15NO3/c1-10(17)12-6-13(9-16-8-12)11-4-5-14(18-2)15(7-11)19-3/h4-9H,1-3H3. The summed E-state index contributed by atoms with van der Waals surface area (Å²) in [5.41, 5.74) is 2.38. The van der Waals surface area contributed by atoms with E-state index >= 15 is 0 Å². The average Bonchev–Trinajstić information content (AvgIpc) is 2.46. The lowest BCUT2D eigenvalue weighted by atomic mass is 10.0. The first-order valence-electron chi connectivity index (χ1n) is 5.84. The Morgan fingerprint density at radius 3 is 2.37 bits per heavy atom. The van der Waals surface area contributed by atoms with Crippen molar-refractivity contribution in [3.05, 3.63) is 42.2 Å². The summed E-state index contributed by atoms with van der Waals surface area (Å²) in [5, 5.41) is 0. The number of ether oxygens (including phenoxy) is 2. The smallest absolute Gasteiger partial charge is 0.161 e. The number of ketones is 1. The highest BCUT2D eigenvalue weighted by molar-refractivity contribution is 5.94. The number of hydrogen-bond acceptors (Lipinski definition) is 4. The van der Waals surface area contributed by atoms with Crippen LogP contribution < -0.4 is 9.47 Å². The predicted molar refractivity (Wildman–Crippen MR) is 72.8 cm³/mol. The van der Waals surface area contributed by atoms with E-state index < -0.39 is 0 Å². The van der Waals surface area contributed by atoms with Gasteiger partial charge in [0.1, 0.15) is 0 Å². The van der Waals surface area contributed by atoms with Gasteiger partial charge in [-0.15, -0.1) is 0 Å². The lowest BCUT2D eigenvalue weighted by molar-refractivity contribution is 0.101. The van der Waals surface area contributed by atoms with Gasteiger partial charge in [0.2, 0.25) is 0 Å². The Kier molecular flexibility index (Phi) is 3.80. The van der Waals surface area contributed by atoms with Gasteiger partial charge in [-0.05, 0) is 30.7 Å². The molecule has 0 spiro atoms. The molecule has 2 rings (SSSR count). The molecule has 4 nitrogen and oxygen atoms in total. The molecule has 1 heterocycles. The number of methoxy groups -OCH3 is 2. The van der Waals surface area contributed by atoms with Gasteiger partial charge in [-0.1, -0.05) is 6.07 Å². The van der Waals surface area contributed by atoms with E-state index in [2.05, 4.69) is 4.98 Å². The maximum Gasteiger partial charge on any atom is 0.161 e. The summed E-state index contributed by atoms with van der Waals surface area (Å²) < 4.78 is 10.5. The number of carbonyl (C=O) groups excluding carboxylic acids is 1. The van der Waals surface area contributed by atoms with Crippen molar-refractivity contribution in [1.82, 2.24) is 4.98 Å². The quantitative estimate of drug-likeness (QED) is 0.790. The first kappa shape index (κ1) is 13.1. The predicted octanol–water partition coefficient (Wildman–Crippen LogP) is 2.97. The maximum absolute atomic E-state index is 11.4. The topological polar surface area (TPSA) is 48.4 Å². The monoisotopic (exact) mass is 257 g/mol. The summed E-state index contributed by atoms with van der Waals surface area (Å²) in [6.45, 7) is 1.52. The number of Topliss-reactive ketones (excluding diaryl/α,β-unsaturated/α-hetero) is 1. The summed E-state index contributed by atoms with van der Waals surface area (Å²) in [4.78, 5) is 15.5. The van der Waals surface area contributed by atoms with Gasteiger partial charge in [-0.3, -0.25) is 9.78 Å². The lowest BCUT2D eigenvalue weighted by Crippen LogP contribution is -1.94. The van der Waals surface area contributed by atoms with Crippen LogP contribution in [0.5, 0.6) is 11.5 Å². The van der Waals surface area contributed by atoms with Gasteiger partial charge in [-0.25, -0.2) is 0 Å². The number of pyridine rings is 1. The van der Waals surface area contributed by atoms with Crippen molar-refractivity contribution in [3.8, 4) is 22.6 Å². The number of benzene rings is 1. The number of aromatic nitrogens is 1. The van der Waals surface area contributed by atoms with Crippen LogP contribution in [-0.2, 0) is 0 Å². The van der Waals surface area contributed by atoms with Gasteiger partial charge in [0.05, 0.1) is 14.2 Å². The highest BCUT2D eigenvalue weighted by atomic mass is 16.5. The van der Waals surface area contributed by atoms with Gasteiger partial charge >= 0.3 is 0 Å². The van der Waals surface area contributed by atoms with E-state index in [1.807, 2.05) is 24.3 Å². The third-order valence-electron chi connectivity index (χ3n) is 2.86. The van der Waals surface area contributed by atoms with Crippen LogP contribution in [0, 0.1) is 0 Å². The number of carbonyl (C=O) groups is 1. The van der Waals surface area contributed by atoms with E-state index in [9.17, 15) is 4.79 Å². The van der Waals surface area contributed by atoms with Crippen LogP contribution in [-0.4, -0.2) is 25.0 Å². The Balaban J connectivity index is 2.47. The average molecular weight is 257 g/mol. The van der Waals surface area contributed by atoms with Gasteiger partial charge < -0.3 is 9.47 Å². The molecule has 19 heavy (non-hydrogen) atoms. The zero-order chi connectivity index (χ0) is 13.8. The minimum absolute atomic E-state index is 0.00479. The normalized spacial score (nSPS) is 10.1. The molecule has 0 unspecified atom stereocenters. The second kappa shape index (κ2) is 5.52. The van der Waals surface area contributed by atoms with E-state index in [-0.39, 0.29) is 5.78 Å². The minimum Gasteiger partial charge on any atom is -0.493 e. The van der Waals surface area contributed by atoms with E-state index in [0.29, 0.717) is 17.1 Å². The second-order valence-electron chi connectivity index (χ2n) is 4.09. The van der Waals surface area contributed by atoms with Crippen molar-refractivity contribution in [3.63, 3.8) is 0 Å². The molecule has 2 aromatic rings. The molecule has 98 valence electrons. The van der Waals surface area contributed by atoms with Crippen LogP contribution in [0.3, 0.4) is 0 Å². The molecular formula is C15H15NO3. The first-order valence-corrected chi connectivity index (χ1v) is 5.84. The Hall–Kier alpha value is -2.36. The molecule has 0 aliphatic heterocycles. The van der Waals surface area contributed by atoms with Gasteiger partial charge in [-0.2, -0.15) is 0 Å². The molecule has 0 atom stereocenters. The van der Waals surface area contributed by atoms with Gasteiger partial charge in [0.15, 0.2) is 17.3 Å². The fourth-order valence-electron chi connectivity index (χ4n) is 1.81. The third-order valence-corrected chi connectivity index (χ3v) is 2.86. The number of hydrogen-bond donors (Lipinski definition) is 0. The molecule has 1 aromatic heterocycles. The van der Waals surface area contributed by atoms with Gasteiger partial charge in [0, 0.05) is 23.5 Å². The molecule has 0 radical (unpaired) electrons. The Labute approximate surface area is 112 Å². The van der Waals surface area contributed by atoms with E-state index in [1.165, 1.54) is 6.92 Å². The number of nitrogens with zero attached hydrogens (tertiary/aromatic N) is 1. The summed E-state index contributed by atoms with van der Waals surface area (Å²) in [5.74, 6) is 1.31. The maximum atomic E-state index is 11.4. The van der Waals surface area contributed by atoms with Crippen molar-refractivity contribution >= 4 is 5.78 Å². The summed E-state index contributed by atoms with van der Waals surface area (Å²) in [7, 11) is 3.18. The molecule has 0 saturated heterocycles. The highest BCUT2D eigenvalue weighted by Gasteiger charge is 2.08. The zero-order valence-corrected chi connectivity index (χ0v) is 11.1. The van der Waals surface area contributed by atoms with E-state index in [1.54, 1.807) is 26.6 Å². The van der Waals surface area contributed by atoms with Gasteiger partial charge in [0.25, 0.3) is 0 Å². The Morgan fingerprint density at radius 1 is 1.00 bits per heavy atom. The molecule has 0 N–H and O–H groups in total. The van der Waals surface area contributed by atoms with Crippen LogP contribution >= 0.6 is 0 Å². The summed E-state index contributed by atoms with van der Waals surface area (Å²) in [6, 6.07) is 7.41. The lowest BCUT2D eigenvalue weighted by Gasteiger charge is -2.09. The van der Waals surface area contributed by atoms with Crippen LogP contribution in [0.4, 0.5) is 0 Å². The summed E-state index contributed by atoms with van der Waals surface area (Å²) in [6.07, 6.45) is 3.28. The van der Waals surface area contributed by atoms with Crippen molar-refractivity contribution in [2.75, 3.05) is 14.2 Å². The molecule has 0 amide bonds. The Bertz CT molecular complexity index is 608. The number of rotatable bonds is 4. The molecule has 1 aromatic carbocycles. The van der Waals surface area contributed by atoms with Crippen LogP contribution in [0.15, 0.2) is 36.7 Å². The Morgan fingerprint density at radius 2 is 1.74 bits per heavy atom. The van der Waals surface area contributed by atoms with Crippen molar-refractivity contribution < 1.29 is 14.3 Å². The fraction of sp³-hybridized carbons (Fsp3) is 0.200. The molecule has 0 bridgehead atoms. The zero-order valence-electron chi connectivity index (χ0n) is 11.1. The SMILES string of the molecule is COc1ccc(-c2cncc(C(C)=O)c2)cc1OC.